The third-order valence-corrected chi connectivity index (χ3v) is 2.00. The fraction of sp³-hybridized carbons (Fsp3) is 0.0909. The predicted octanol–water partition coefficient (Wildman–Crippen LogP) is 1.63. The maximum atomic E-state index is 11.3. The van der Waals surface area contributed by atoms with Crippen LogP contribution in [0.4, 0.5) is 0 Å². The largest absolute Gasteiger partial charge is 0.350 e. The van der Waals surface area contributed by atoms with Crippen LogP contribution in [0, 0.1) is 0 Å². The van der Waals surface area contributed by atoms with Gasteiger partial charge in [-0.15, -0.1) is 0 Å². The van der Waals surface area contributed by atoms with E-state index in [0.29, 0.717) is 5.69 Å². The van der Waals surface area contributed by atoms with Gasteiger partial charge in [-0.1, -0.05) is 35.5 Å². The van der Waals surface area contributed by atoms with Crippen molar-refractivity contribution in [2.24, 2.45) is 0 Å². The number of hydrogen-bond acceptors (Lipinski definition) is 4. The number of nitrogens with one attached hydrogen (secondary N) is 1. The second kappa shape index (κ2) is 4.59. The first-order chi connectivity index (χ1) is 7.81. The first-order valence-electron chi connectivity index (χ1n) is 4.66. The van der Waals surface area contributed by atoms with E-state index >= 15 is 0 Å². The molecule has 0 aliphatic carbocycles. The van der Waals surface area contributed by atoms with Crippen LogP contribution in [0.25, 0.3) is 11.3 Å². The lowest BCUT2D eigenvalue weighted by Crippen LogP contribution is -2.21. The highest BCUT2D eigenvalue weighted by Gasteiger charge is 2.13. The van der Waals surface area contributed by atoms with Crippen molar-refractivity contribution in [3.05, 3.63) is 42.2 Å². The molecule has 1 aromatic heterocycles. The van der Waals surface area contributed by atoms with E-state index < -0.39 is 5.91 Å². The van der Waals surface area contributed by atoms with Crippen LogP contribution in [0.5, 0.6) is 0 Å². The zero-order chi connectivity index (χ0) is 11.4. The van der Waals surface area contributed by atoms with E-state index in [0.717, 1.165) is 5.56 Å². The van der Waals surface area contributed by atoms with Gasteiger partial charge in [0.15, 0.2) is 0 Å². The van der Waals surface area contributed by atoms with Crippen molar-refractivity contribution in [3.8, 4) is 11.3 Å². The summed E-state index contributed by atoms with van der Waals surface area (Å²) in [6.45, 7) is 0. The molecule has 1 N–H and O–H groups in total. The topological polar surface area (TPSA) is 64.4 Å². The first-order valence-corrected chi connectivity index (χ1v) is 4.66. The van der Waals surface area contributed by atoms with Gasteiger partial charge < -0.3 is 4.52 Å². The predicted molar refractivity (Wildman–Crippen MR) is 56.4 cm³/mol. The minimum Gasteiger partial charge on any atom is -0.350 e. The monoisotopic (exact) mass is 218 g/mol. The molecular formula is C11H10N2O3. The molecule has 2 rings (SSSR count). The second-order valence-corrected chi connectivity index (χ2v) is 3.08. The summed E-state index contributed by atoms with van der Waals surface area (Å²) in [4.78, 5) is 15.8. The van der Waals surface area contributed by atoms with Crippen molar-refractivity contribution in [2.75, 3.05) is 7.11 Å². The number of amides is 1. The number of hydroxylamine groups is 1. The van der Waals surface area contributed by atoms with Crippen LogP contribution in [-0.2, 0) is 4.84 Å². The summed E-state index contributed by atoms with van der Waals surface area (Å²) in [6, 6.07) is 11.0. The Bertz CT molecular complexity index is 479. The Hall–Kier alpha value is -2.14. The van der Waals surface area contributed by atoms with Gasteiger partial charge in [0.2, 0.25) is 5.76 Å². The Morgan fingerprint density at radius 2 is 2.12 bits per heavy atom. The molecule has 1 aromatic carbocycles. The highest BCUT2D eigenvalue weighted by Crippen LogP contribution is 2.18. The Labute approximate surface area is 92.0 Å². The lowest BCUT2D eigenvalue weighted by atomic mass is 10.1. The van der Waals surface area contributed by atoms with Gasteiger partial charge in [-0.05, 0) is 0 Å². The van der Waals surface area contributed by atoms with E-state index in [1.165, 1.54) is 7.11 Å². The van der Waals surface area contributed by atoms with Crippen LogP contribution in [0.3, 0.4) is 0 Å². The number of aromatic nitrogens is 1. The van der Waals surface area contributed by atoms with E-state index in [-0.39, 0.29) is 5.76 Å². The average molecular weight is 218 g/mol. The Balaban J connectivity index is 2.23. The van der Waals surface area contributed by atoms with Gasteiger partial charge in [-0.2, -0.15) is 0 Å². The van der Waals surface area contributed by atoms with Crippen molar-refractivity contribution in [1.82, 2.24) is 10.6 Å². The van der Waals surface area contributed by atoms with Gasteiger partial charge in [0.1, 0.15) is 5.69 Å². The van der Waals surface area contributed by atoms with E-state index in [4.69, 9.17) is 4.52 Å². The van der Waals surface area contributed by atoms with Gasteiger partial charge in [0, 0.05) is 11.6 Å². The summed E-state index contributed by atoms with van der Waals surface area (Å²) in [7, 11) is 1.35. The number of rotatable bonds is 3. The fourth-order valence-corrected chi connectivity index (χ4v) is 1.27. The lowest BCUT2D eigenvalue weighted by Gasteiger charge is -1.95. The van der Waals surface area contributed by atoms with Gasteiger partial charge in [-0.25, -0.2) is 5.48 Å². The van der Waals surface area contributed by atoms with Gasteiger partial charge in [-0.3, -0.25) is 9.63 Å². The van der Waals surface area contributed by atoms with Crippen molar-refractivity contribution in [2.45, 2.75) is 0 Å². The standard InChI is InChI=1S/C11H10N2O3/c1-15-13-11(14)10-7-9(12-16-10)8-5-3-2-4-6-8/h2-7H,1H3,(H,13,14). The maximum absolute atomic E-state index is 11.3. The molecule has 1 heterocycles. The van der Waals surface area contributed by atoms with Crippen LogP contribution in [-0.4, -0.2) is 18.2 Å². The van der Waals surface area contributed by atoms with Crippen molar-refractivity contribution in [1.29, 1.82) is 0 Å². The van der Waals surface area contributed by atoms with E-state index in [1.807, 2.05) is 30.3 Å². The third kappa shape index (κ3) is 2.09. The molecule has 5 nitrogen and oxygen atoms in total. The quantitative estimate of drug-likeness (QED) is 0.795. The molecule has 0 atom stereocenters. The number of benzene rings is 1. The lowest BCUT2D eigenvalue weighted by molar-refractivity contribution is 0.0502. The summed E-state index contributed by atoms with van der Waals surface area (Å²) in [5, 5.41) is 3.80. The number of nitrogens with zero attached hydrogens (tertiary/aromatic N) is 1. The molecule has 82 valence electrons. The summed E-state index contributed by atoms with van der Waals surface area (Å²) < 4.78 is 4.89. The van der Waals surface area contributed by atoms with Crippen LogP contribution in [0.2, 0.25) is 0 Å². The van der Waals surface area contributed by atoms with Crippen molar-refractivity contribution < 1.29 is 14.2 Å². The summed E-state index contributed by atoms with van der Waals surface area (Å²) in [5.74, 6) is -0.349. The SMILES string of the molecule is CONC(=O)c1cc(-c2ccccc2)no1. The molecule has 0 bridgehead atoms. The van der Waals surface area contributed by atoms with Gasteiger partial charge >= 0.3 is 5.91 Å². The fourth-order valence-electron chi connectivity index (χ4n) is 1.27. The first kappa shape index (κ1) is 10.4. The molecule has 0 saturated carbocycles. The number of carbonyl (C=O) groups excluding carboxylic acids is 1. The minimum absolute atomic E-state index is 0.112. The van der Waals surface area contributed by atoms with Crippen molar-refractivity contribution >= 4 is 5.91 Å². The minimum atomic E-state index is -0.461. The molecule has 16 heavy (non-hydrogen) atoms. The molecule has 0 radical (unpaired) electrons. The third-order valence-electron chi connectivity index (χ3n) is 2.00. The van der Waals surface area contributed by atoms with Crippen LogP contribution < -0.4 is 5.48 Å². The maximum Gasteiger partial charge on any atom is 0.313 e. The van der Waals surface area contributed by atoms with E-state index in [2.05, 4.69) is 15.5 Å². The zero-order valence-electron chi connectivity index (χ0n) is 8.64. The molecular weight excluding hydrogens is 208 g/mol. The molecule has 0 fully saturated rings. The summed E-state index contributed by atoms with van der Waals surface area (Å²) >= 11 is 0. The molecule has 0 saturated heterocycles. The van der Waals surface area contributed by atoms with Gasteiger partial charge in [0.25, 0.3) is 0 Å². The smallest absolute Gasteiger partial charge is 0.313 e. The second-order valence-electron chi connectivity index (χ2n) is 3.08. The van der Waals surface area contributed by atoms with E-state index in [1.54, 1.807) is 6.07 Å². The van der Waals surface area contributed by atoms with Crippen LogP contribution in [0.15, 0.2) is 40.9 Å². The summed E-state index contributed by atoms with van der Waals surface area (Å²) in [5.41, 5.74) is 3.66. The van der Waals surface area contributed by atoms with Crippen LogP contribution >= 0.6 is 0 Å². The molecule has 0 unspecified atom stereocenters. The average Bonchev–Trinajstić information content (AvgIpc) is 2.80. The Kier molecular flexibility index (Phi) is 2.98. The molecule has 0 aliphatic heterocycles. The molecule has 5 heteroatoms. The summed E-state index contributed by atoms with van der Waals surface area (Å²) in [6.07, 6.45) is 0. The van der Waals surface area contributed by atoms with Crippen LogP contribution in [0.1, 0.15) is 10.6 Å². The Morgan fingerprint density at radius 3 is 2.81 bits per heavy atom. The highest BCUT2D eigenvalue weighted by atomic mass is 16.6. The van der Waals surface area contributed by atoms with E-state index in [9.17, 15) is 4.79 Å². The zero-order valence-corrected chi connectivity index (χ0v) is 8.64. The molecule has 2 aromatic rings. The molecule has 1 amide bonds. The molecule has 0 aliphatic rings. The highest BCUT2D eigenvalue weighted by molar-refractivity contribution is 5.91. The Morgan fingerprint density at radius 1 is 1.38 bits per heavy atom. The van der Waals surface area contributed by atoms with Crippen molar-refractivity contribution in [3.63, 3.8) is 0 Å². The number of hydrogen-bond donors (Lipinski definition) is 1. The molecule has 0 spiro atoms. The normalized spacial score (nSPS) is 10.1. The van der Waals surface area contributed by atoms with Gasteiger partial charge in [0.05, 0.1) is 7.11 Å². The number of carbonyl (C=O) groups is 1.